The first-order chi connectivity index (χ1) is 6.48. The molecule has 0 spiro atoms. The van der Waals surface area contributed by atoms with Crippen molar-refractivity contribution in [1.82, 2.24) is 0 Å². The fraction of sp³-hybridized carbons (Fsp3) is 0.400. The average Bonchev–Trinajstić information content (AvgIpc) is 2.45. The van der Waals surface area contributed by atoms with Gasteiger partial charge in [-0.3, -0.25) is 0 Å². The summed E-state index contributed by atoms with van der Waals surface area (Å²) in [5.74, 6) is 0. The van der Waals surface area contributed by atoms with Crippen LogP contribution in [-0.2, 0) is 16.4 Å². The molecule has 1 aliphatic carbocycles. The molecule has 2 rings (SSSR count). The van der Waals surface area contributed by atoms with Gasteiger partial charge >= 0.3 is 0 Å². The third-order valence-electron chi connectivity index (χ3n) is 2.72. The van der Waals surface area contributed by atoms with Gasteiger partial charge in [-0.15, -0.1) is 0 Å². The van der Waals surface area contributed by atoms with E-state index in [1.807, 2.05) is 25.1 Å². The second-order valence-corrected chi connectivity index (χ2v) is 5.57. The first-order valence-electron chi connectivity index (χ1n) is 4.59. The molecule has 76 valence electrons. The van der Waals surface area contributed by atoms with E-state index in [1.54, 1.807) is 0 Å². The molecule has 0 saturated heterocycles. The summed E-state index contributed by atoms with van der Waals surface area (Å²) in [7, 11) is -3.43. The molecule has 0 radical (unpaired) electrons. The van der Waals surface area contributed by atoms with Gasteiger partial charge < -0.3 is 0 Å². The van der Waals surface area contributed by atoms with Crippen LogP contribution >= 0.6 is 0 Å². The lowest BCUT2D eigenvalue weighted by Crippen LogP contribution is -2.19. The lowest BCUT2D eigenvalue weighted by molar-refractivity contribution is 0.582. The van der Waals surface area contributed by atoms with Crippen LogP contribution in [0.5, 0.6) is 0 Å². The maximum absolute atomic E-state index is 11.3. The zero-order valence-corrected chi connectivity index (χ0v) is 8.84. The summed E-state index contributed by atoms with van der Waals surface area (Å²) < 4.78 is 22.6. The number of primary sulfonamides is 1. The van der Waals surface area contributed by atoms with E-state index in [-0.39, 0.29) is 0 Å². The van der Waals surface area contributed by atoms with Crippen LogP contribution in [0.3, 0.4) is 0 Å². The fourth-order valence-electron chi connectivity index (χ4n) is 2.03. The molecule has 1 atom stereocenters. The summed E-state index contributed by atoms with van der Waals surface area (Å²) in [6.45, 7) is 1.96. The molecule has 0 heterocycles. The van der Waals surface area contributed by atoms with Gasteiger partial charge in [0.25, 0.3) is 0 Å². The molecular weight excluding hydrogens is 198 g/mol. The van der Waals surface area contributed by atoms with E-state index in [0.29, 0.717) is 6.42 Å². The summed E-state index contributed by atoms with van der Waals surface area (Å²) in [6, 6.07) is 5.93. The molecule has 2 N–H and O–H groups in total. The van der Waals surface area contributed by atoms with Gasteiger partial charge in [-0.2, -0.15) is 0 Å². The molecule has 1 unspecified atom stereocenters. The lowest BCUT2D eigenvalue weighted by Gasteiger charge is -2.08. The topological polar surface area (TPSA) is 60.2 Å². The first-order valence-corrected chi connectivity index (χ1v) is 6.20. The number of aryl methyl sites for hydroxylation is 2. The summed E-state index contributed by atoms with van der Waals surface area (Å²) in [6.07, 6.45) is 1.44. The Kier molecular flexibility index (Phi) is 2.12. The number of nitrogens with two attached hydrogens (primary N) is 1. The first kappa shape index (κ1) is 9.68. The van der Waals surface area contributed by atoms with E-state index < -0.39 is 15.3 Å². The van der Waals surface area contributed by atoms with Crippen molar-refractivity contribution in [1.29, 1.82) is 0 Å². The Morgan fingerprint density at radius 2 is 2.14 bits per heavy atom. The Morgan fingerprint density at radius 3 is 2.79 bits per heavy atom. The highest BCUT2D eigenvalue weighted by Gasteiger charge is 2.30. The molecule has 0 bridgehead atoms. The predicted octanol–water partition coefficient (Wildman–Crippen LogP) is 1.27. The maximum atomic E-state index is 11.3. The highest BCUT2D eigenvalue weighted by atomic mass is 32.2. The van der Waals surface area contributed by atoms with Crippen LogP contribution in [0.1, 0.15) is 28.4 Å². The van der Waals surface area contributed by atoms with Crippen LogP contribution in [0.15, 0.2) is 18.2 Å². The highest BCUT2D eigenvalue weighted by molar-refractivity contribution is 7.89. The summed E-state index contributed by atoms with van der Waals surface area (Å²) in [4.78, 5) is 0. The summed E-state index contributed by atoms with van der Waals surface area (Å²) in [5, 5.41) is 4.69. The zero-order valence-electron chi connectivity index (χ0n) is 8.03. The molecule has 4 heteroatoms. The molecule has 0 aromatic heterocycles. The molecule has 1 aromatic carbocycles. The number of fused-ring (bicyclic) bond motifs is 1. The minimum Gasteiger partial charge on any atom is -0.228 e. The van der Waals surface area contributed by atoms with Crippen molar-refractivity contribution in [2.45, 2.75) is 25.0 Å². The fourth-order valence-corrected chi connectivity index (χ4v) is 3.04. The van der Waals surface area contributed by atoms with Gasteiger partial charge in [0.1, 0.15) is 5.25 Å². The van der Waals surface area contributed by atoms with Gasteiger partial charge in [-0.1, -0.05) is 23.8 Å². The van der Waals surface area contributed by atoms with E-state index in [9.17, 15) is 8.42 Å². The Morgan fingerprint density at radius 1 is 1.43 bits per heavy atom. The second-order valence-electron chi connectivity index (χ2n) is 3.82. The Labute approximate surface area is 84.0 Å². The highest BCUT2D eigenvalue weighted by Crippen LogP contribution is 2.36. The monoisotopic (exact) mass is 211 g/mol. The second kappa shape index (κ2) is 3.07. The van der Waals surface area contributed by atoms with Crippen molar-refractivity contribution in [2.24, 2.45) is 5.14 Å². The maximum Gasteiger partial charge on any atom is 0.216 e. The molecule has 0 fully saturated rings. The minimum absolute atomic E-state index is 0.489. The summed E-state index contributed by atoms with van der Waals surface area (Å²) in [5.41, 5.74) is 3.10. The quantitative estimate of drug-likeness (QED) is 0.760. The molecule has 14 heavy (non-hydrogen) atoms. The average molecular weight is 211 g/mol. The largest absolute Gasteiger partial charge is 0.228 e. The lowest BCUT2D eigenvalue weighted by atomic mass is 10.1. The van der Waals surface area contributed by atoms with Crippen molar-refractivity contribution in [3.63, 3.8) is 0 Å². The van der Waals surface area contributed by atoms with Crippen molar-refractivity contribution in [2.75, 3.05) is 0 Å². The Bertz CT molecular complexity index is 465. The van der Waals surface area contributed by atoms with Gasteiger partial charge in [0.05, 0.1) is 0 Å². The molecule has 1 aliphatic rings. The van der Waals surface area contributed by atoms with E-state index in [2.05, 4.69) is 0 Å². The van der Waals surface area contributed by atoms with E-state index in [0.717, 1.165) is 23.1 Å². The third-order valence-corrected chi connectivity index (χ3v) is 4.00. The number of sulfonamides is 1. The molecule has 0 amide bonds. The third kappa shape index (κ3) is 1.55. The number of benzene rings is 1. The molecule has 0 saturated carbocycles. The van der Waals surface area contributed by atoms with Gasteiger partial charge in [0.15, 0.2) is 0 Å². The number of hydrogen-bond donors (Lipinski definition) is 1. The normalized spacial score (nSPS) is 20.9. The molecule has 3 nitrogen and oxygen atoms in total. The standard InChI is InChI=1S/C10H13NO2S/c1-7-2-3-8-4-5-10(9(8)6-7)14(11,12)13/h2-3,6,10H,4-5H2,1H3,(H2,11,12,13). The number of rotatable bonds is 1. The molecule has 0 aliphatic heterocycles. The minimum atomic E-state index is -3.43. The van der Waals surface area contributed by atoms with Crippen molar-refractivity contribution >= 4 is 10.0 Å². The van der Waals surface area contributed by atoms with Crippen LogP contribution in [0.4, 0.5) is 0 Å². The molecular formula is C10H13NO2S. The Hall–Kier alpha value is -0.870. The van der Waals surface area contributed by atoms with Gasteiger partial charge in [-0.05, 0) is 30.9 Å². The van der Waals surface area contributed by atoms with Gasteiger partial charge in [0.2, 0.25) is 10.0 Å². The number of hydrogen-bond acceptors (Lipinski definition) is 2. The molecule has 1 aromatic rings. The van der Waals surface area contributed by atoms with E-state index in [1.165, 1.54) is 0 Å². The van der Waals surface area contributed by atoms with Crippen molar-refractivity contribution in [3.05, 3.63) is 34.9 Å². The van der Waals surface area contributed by atoms with Gasteiger partial charge in [0, 0.05) is 0 Å². The smallest absolute Gasteiger partial charge is 0.216 e. The van der Waals surface area contributed by atoms with Crippen molar-refractivity contribution < 1.29 is 8.42 Å². The van der Waals surface area contributed by atoms with Crippen LogP contribution in [-0.4, -0.2) is 8.42 Å². The van der Waals surface area contributed by atoms with E-state index in [4.69, 9.17) is 5.14 Å². The van der Waals surface area contributed by atoms with Crippen LogP contribution in [0.25, 0.3) is 0 Å². The van der Waals surface area contributed by atoms with Gasteiger partial charge in [-0.25, -0.2) is 13.6 Å². The zero-order chi connectivity index (χ0) is 10.3. The predicted molar refractivity (Wildman–Crippen MR) is 55.3 cm³/mol. The van der Waals surface area contributed by atoms with Crippen LogP contribution in [0, 0.1) is 6.92 Å². The van der Waals surface area contributed by atoms with E-state index >= 15 is 0 Å². The van der Waals surface area contributed by atoms with Crippen LogP contribution < -0.4 is 5.14 Å². The Balaban J connectivity index is 2.54. The SMILES string of the molecule is Cc1ccc2c(c1)C(S(N)(=O)=O)CC2. The van der Waals surface area contributed by atoms with Crippen LogP contribution in [0.2, 0.25) is 0 Å². The summed E-state index contributed by atoms with van der Waals surface area (Å²) >= 11 is 0. The van der Waals surface area contributed by atoms with Crippen molar-refractivity contribution in [3.8, 4) is 0 Å².